The van der Waals surface area contributed by atoms with Crippen LogP contribution in [0.15, 0.2) is 80.9 Å². The van der Waals surface area contributed by atoms with Gasteiger partial charge in [0.25, 0.3) is 5.91 Å². The highest BCUT2D eigenvalue weighted by Gasteiger charge is 2.34. The van der Waals surface area contributed by atoms with E-state index < -0.39 is 5.60 Å². The molecule has 0 spiro atoms. The number of nitrogens with zero attached hydrogens (tertiary/aromatic N) is 4. The Labute approximate surface area is 211 Å². The Morgan fingerprint density at radius 1 is 1.26 bits per heavy atom. The minimum atomic E-state index is -0.807. The van der Waals surface area contributed by atoms with Gasteiger partial charge in [0.15, 0.2) is 0 Å². The fraction of sp³-hybridized carbons (Fsp3) is 0.333. The summed E-state index contributed by atoms with van der Waals surface area (Å²) in [6.45, 7) is 8.68. The third kappa shape index (κ3) is 6.90. The van der Waals surface area contributed by atoms with Gasteiger partial charge in [-0.2, -0.15) is 0 Å². The van der Waals surface area contributed by atoms with Crippen LogP contribution in [0.5, 0.6) is 0 Å². The maximum absolute atomic E-state index is 13.0. The molecule has 1 aromatic carbocycles. The molecular formula is C27H33N5O2S. The van der Waals surface area contributed by atoms with Crippen molar-refractivity contribution in [3.63, 3.8) is 0 Å². The Morgan fingerprint density at radius 3 is 2.54 bits per heavy atom. The summed E-state index contributed by atoms with van der Waals surface area (Å²) >= 11 is 1.40. The van der Waals surface area contributed by atoms with Crippen LogP contribution in [0.3, 0.4) is 0 Å². The normalized spacial score (nSPS) is 16.7. The number of carbonyl (C=O) groups excluding carboxylic acids is 1. The van der Waals surface area contributed by atoms with Gasteiger partial charge in [-0.3, -0.25) is 14.8 Å². The first kappa shape index (κ1) is 26.4. The number of aliphatic hydroxyl groups is 1. The lowest BCUT2D eigenvalue weighted by molar-refractivity contribution is -0.112. The van der Waals surface area contributed by atoms with E-state index in [1.54, 1.807) is 26.4 Å². The molecule has 1 fully saturated rings. The molecule has 2 heterocycles. The number of benzene rings is 1. The van der Waals surface area contributed by atoms with Crippen molar-refractivity contribution < 1.29 is 9.90 Å². The lowest BCUT2D eigenvalue weighted by Crippen LogP contribution is -2.42. The number of hydrogen-bond acceptors (Lipinski definition) is 7. The summed E-state index contributed by atoms with van der Waals surface area (Å²) in [6.07, 6.45) is 6.67. The maximum Gasteiger partial charge on any atom is 0.263 e. The molecule has 0 radical (unpaired) electrons. The van der Waals surface area contributed by atoms with Gasteiger partial charge in [0, 0.05) is 32.1 Å². The minimum Gasteiger partial charge on any atom is -0.385 e. The first-order chi connectivity index (χ1) is 16.9. The highest BCUT2D eigenvalue weighted by molar-refractivity contribution is 8.04. The molecule has 8 heteroatoms. The van der Waals surface area contributed by atoms with Crippen LogP contribution < -0.4 is 10.2 Å². The van der Waals surface area contributed by atoms with Crippen molar-refractivity contribution >= 4 is 42.1 Å². The lowest BCUT2D eigenvalue weighted by atomic mass is 9.84. The number of aliphatic imine (C=N–C) groups is 2. The number of carbonyl (C=O) groups is 1. The molecule has 0 unspecified atom stereocenters. The SMILES string of the molecule is C=N/C(C)=C(\SC/C(C=NC)=C/C)C(=O)Nc1ccc(N2CCC(O)(c3ccccc3)CC2)nc1. The van der Waals surface area contributed by atoms with Crippen LogP contribution in [-0.4, -0.2) is 54.8 Å². The first-order valence-corrected chi connectivity index (χ1v) is 12.6. The van der Waals surface area contributed by atoms with E-state index in [9.17, 15) is 9.90 Å². The topological polar surface area (TPSA) is 90.2 Å². The molecule has 184 valence electrons. The molecule has 0 aliphatic carbocycles. The standard InChI is InChI=1S/C27H33N5O2S/c1-5-21(17-28-3)19-35-25(20(2)29-4)26(33)31-23-11-12-24(30-18-23)32-15-13-27(34,14-16-32)22-9-7-6-8-10-22/h5-12,17-18,34H,4,13-16,19H2,1-3H3,(H,31,33)/b21-5+,25-20-,28-17?. The molecule has 0 saturated carbocycles. The summed E-state index contributed by atoms with van der Waals surface area (Å²) in [5.41, 5.74) is 2.35. The van der Waals surface area contributed by atoms with Gasteiger partial charge >= 0.3 is 0 Å². The number of allylic oxidation sites excluding steroid dienone is 2. The van der Waals surface area contributed by atoms with Crippen molar-refractivity contribution in [3.8, 4) is 0 Å². The molecule has 0 bridgehead atoms. The molecule has 1 aliphatic heterocycles. The molecule has 35 heavy (non-hydrogen) atoms. The van der Waals surface area contributed by atoms with Crippen molar-refractivity contribution in [2.75, 3.05) is 36.1 Å². The van der Waals surface area contributed by atoms with E-state index in [-0.39, 0.29) is 5.91 Å². The second kappa shape index (κ2) is 12.5. The Morgan fingerprint density at radius 2 is 1.97 bits per heavy atom. The van der Waals surface area contributed by atoms with Gasteiger partial charge in [-0.05, 0) is 56.7 Å². The van der Waals surface area contributed by atoms with Gasteiger partial charge in [-0.15, -0.1) is 11.8 Å². The van der Waals surface area contributed by atoms with E-state index in [0.29, 0.717) is 48.0 Å². The number of thioether (sulfide) groups is 1. The summed E-state index contributed by atoms with van der Waals surface area (Å²) in [6, 6.07) is 13.6. The Bertz CT molecular complexity index is 1100. The molecule has 3 rings (SSSR count). The molecule has 1 aliphatic rings. The summed E-state index contributed by atoms with van der Waals surface area (Å²) < 4.78 is 0. The van der Waals surface area contributed by atoms with Gasteiger partial charge in [-0.1, -0.05) is 36.4 Å². The quantitative estimate of drug-likeness (QED) is 0.388. The molecule has 0 atom stereocenters. The third-order valence-electron chi connectivity index (χ3n) is 6.05. The van der Waals surface area contributed by atoms with Crippen LogP contribution in [0.1, 0.15) is 32.3 Å². The summed E-state index contributed by atoms with van der Waals surface area (Å²) in [5.74, 6) is 1.18. The summed E-state index contributed by atoms with van der Waals surface area (Å²) in [7, 11) is 1.72. The van der Waals surface area contributed by atoms with Crippen molar-refractivity contribution in [2.24, 2.45) is 9.98 Å². The number of nitrogens with one attached hydrogen (secondary N) is 1. The van der Waals surface area contributed by atoms with Gasteiger partial charge in [0.1, 0.15) is 5.82 Å². The van der Waals surface area contributed by atoms with Gasteiger partial charge in [0.05, 0.1) is 28.1 Å². The monoisotopic (exact) mass is 491 g/mol. The number of rotatable bonds is 9. The highest BCUT2D eigenvalue weighted by Crippen LogP contribution is 2.34. The summed E-state index contributed by atoms with van der Waals surface area (Å²) in [5, 5.41) is 14.0. The van der Waals surface area contributed by atoms with Crippen molar-refractivity contribution in [1.29, 1.82) is 0 Å². The van der Waals surface area contributed by atoms with Crippen molar-refractivity contribution in [3.05, 3.63) is 76.5 Å². The van der Waals surface area contributed by atoms with Crippen LogP contribution in [0.25, 0.3) is 0 Å². The van der Waals surface area contributed by atoms with E-state index in [0.717, 1.165) is 17.0 Å². The van der Waals surface area contributed by atoms with E-state index >= 15 is 0 Å². The van der Waals surface area contributed by atoms with Crippen LogP contribution in [-0.2, 0) is 10.4 Å². The Balaban J connectivity index is 1.62. The molecule has 1 saturated heterocycles. The number of hydrogen-bond donors (Lipinski definition) is 2. The molecule has 1 aromatic heterocycles. The zero-order chi connectivity index (χ0) is 25.3. The van der Waals surface area contributed by atoms with E-state index in [4.69, 9.17) is 0 Å². The van der Waals surface area contributed by atoms with E-state index in [1.165, 1.54) is 11.8 Å². The zero-order valence-electron chi connectivity index (χ0n) is 20.6. The number of piperidine rings is 1. The van der Waals surface area contributed by atoms with Crippen LogP contribution in [0, 0.1) is 0 Å². The Kier molecular flexibility index (Phi) is 9.39. The fourth-order valence-electron chi connectivity index (χ4n) is 3.90. The number of anilines is 2. The van der Waals surface area contributed by atoms with Gasteiger partial charge in [0.2, 0.25) is 0 Å². The lowest BCUT2D eigenvalue weighted by Gasteiger charge is -2.39. The molecule has 7 nitrogen and oxygen atoms in total. The average Bonchev–Trinajstić information content (AvgIpc) is 2.89. The maximum atomic E-state index is 13.0. The number of aromatic nitrogens is 1. The van der Waals surface area contributed by atoms with Crippen molar-refractivity contribution in [2.45, 2.75) is 32.3 Å². The largest absolute Gasteiger partial charge is 0.385 e. The predicted octanol–water partition coefficient (Wildman–Crippen LogP) is 4.82. The number of pyridine rings is 1. The van der Waals surface area contributed by atoms with Crippen LogP contribution in [0.2, 0.25) is 0 Å². The molecule has 2 aromatic rings. The fourth-order valence-corrected chi connectivity index (χ4v) is 4.91. The average molecular weight is 492 g/mol. The molecule has 1 amide bonds. The second-order valence-electron chi connectivity index (χ2n) is 8.36. The van der Waals surface area contributed by atoms with Gasteiger partial charge < -0.3 is 15.3 Å². The van der Waals surface area contributed by atoms with E-state index in [1.807, 2.05) is 55.5 Å². The Hall–Kier alpha value is -3.23. The highest BCUT2D eigenvalue weighted by atomic mass is 32.2. The molecular weight excluding hydrogens is 458 g/mol. The summed E-state index contributed by atoms with van der Waals surface area (Å²) in [4.78, 5) is 28.2. The predicted molar refractivity (Wildman–Crippen MR) is 148 cm³/mol. The smallest absolute Gasteiger partial charge is 0.263 e. The van der Waals surface area contributed by atoms with E-state index in [2.05, 4.69) is 31.9 Å². The van der Waals surface area contributed by atoms with Crippen molar-refractivity contribution in [1.82, 2.24) is 4.98 Å². The van der Waals surface area contributed by atoms with Gasteiger partial charge in [-0.25, -0.2) is 4.98 Å². The zero-order valence-corrected chi connectivity index (χ0v) is 21.4. The van der Waals surface area contributed by atoms with Crippen LogP contribution >= 0.6 is 11.8 Å². The third-order valence-corrected chi connectivity index (χ3v) is 7.30. The second-order valence-corrected chi connectivity index (χ2v) is 9.34. The first-order valence-electron chi connectivity index (χ1n) is 11.6. The van der Waals surface area contributed by atoms with Crippen LogP contribution in [0.4, 0.5) is 11.5 Å². The number of amides is 1. The minimum absolute atomic E-state index is 0.246. The molecule has 2 N–H and O–H groups in total.